The molecular formula is C16H33N3. The molecule has 19 heavy (non-hydrogen) atoms. The number of hydrogen-bond acceptors (Lipinski definition) is 3. The van der Waals surface area contributed by atoms with Gasteiger partial charge in [0, 0.05) is 24.7 Å². The van der Waals surface area contributed by atoms with Gasteiger partial charge in [-0.2, -0.15) is 0 Å². The Bertz CT molecular complexity index is 281. The van der Waals surface area contributed by atoms with E-state index < -0.39 is 0 Å². The average molecular weight is 267 g/mol. The third-order valence-electron chi connectivity index (χ3n) is 5.84. The number of hydrogen-bond donors (Lipinski definition) is 1. The fourth-order valence-electron chi connectivity index (χ4n) is 4.28. The summed E-state index contributed by atoms with van der Waals surface area (Å²) in [6.07, 6.45) is 8.06. The van der Waals surface area contributed by atoms with Gasteiger partial charge >= 0.3 is 0 Å². The van der Waals surface area contributed by atoms with Crippen molar-refractivity contribution in [3.63, 3.8) is 0 Å². The normalized spacial score (nSPS) is 36.5. The van der Waals surface area contributed by atoms with Gasteiger partial charge in [-0.1, -0.05) is 20.3 Å². The zero-order valence-electron chi connectivity index (χ0n) is 13.2. The second kappa shape index (κ2) is 6.55. The van der Waals surface area contributed by atoms with Crippen molar-refractivity contribution in [1.29, 1.82) is 0 Å². The van der Waals surface area contributed by atoms with Crippen molar-refractivity contribution >= 4 is 0 Å². The first-order chi connectivity index (χ1) is 9.15. The monoisotopic (exact) mass is 267 g/mol. The molecule has 2 fully saturated rings. The molecule has 0 bridgehead atoms. The van der Waals surface area contributed by atoms with Crippen molar-refractivity contribution in [2.45, 2.75) is 64.0 Å². The largest absolute Gasteiger partial charge is 0.329 e. The molecule has 1 saturated heterocycles. The van der Waals surface area contributed by atoms with Crippen LogP contribution in [0.4, 0.5) is 0 Å². The van der Waals surface area contributed by atoms with Crippen LogP contribution in [0.1, 0.15) is 52.4 Å². The first kappa shape index (κ1) is 15.3. The van der Waals surface area contributed by atoms with Crippen LogP contribution in [0.5, 0.6) is 0 Å². The fraction of sp³-hybridized carbons (Fsp3) is 1.00. The van der Waals surface area contributed by atoms with E-state index in [-0.39, 0.29) is 0 Å². The van der Waals surface area contributed by atoms with Gasteiger partial charge in [0.25, 0.3) is 0 Å². The zero-order chi connectivity index (χ0) is 13.9. The van der Waals surface area contributed by atoms with E-state index in [1.165, 1.54) is 58.2 Å². The second-order valence-electron chi connectivity index (χ2n) is 6.75. The van der Waals surface area contributed by atoms with Gasteiger partial charge in [0.15, 0.2) is 0 Å². The van der Waals surface area contributed by atoms with Crippen molar-refractivity contribution in [3.05, 3.63) is 0 Å². The van der Waals surface area contributed by atoms with E-state index in [1.807, 2.05) is 0 Å². The number of nitrogens with two attached hydrogens (primary N) is 1. The summed E-state index contributed by atoms with van der Waals surface area (Å²) < 4.78 is 0. The number of likely N-dealkylation sites (N-methyl/N-ethyl adjacent to an activating group) is 2. The smallest absolute Gasteiger partial charge is 0.0332 e. The van der Waals surface area contributed by atoms with Gasteiger partial charge in [0.2, 0.25) is 0 Å². The van der Waals surface area contributed by atoms with Crippen molar-refractivity contribution in [3.8, 4) is 0 Å². The van der Waals surface area contributed by atoms with E-state index >= 15 is 0 Å². The Morgan fingerprint density at radius 3 is 2.68 bits per heavy atom. The average Bonchev–Trinajstić information content (AvgIpc) is 3.05. The zero-order valence-corrected chi connectivity index (χ0v) is 13.2. The highest BCUT2D eigenvalue weighted by molar-refractivity contribution is 4.99. The molecule has 0 radical (unpaired) electrons. The second-order valence-corrected chi connectivity index (χ2v) is 6.75. The molecular weight excluding hydrogens is 234 g/mol. The number of likely N-dealkylation sites (tertiary alicyclic amines) is 1. The Hall–Kier alpha value is -0.120. The Morgan fingerprint density at radius 1 is 1.32 bits per heavy atom. The number of nitrogens with zero attached hydrogens (tertiary/aromatic N) is 2. The minimum Gasteiger partial charge on any atom is -0.329 e. The van der Waals surface area contributed by atoms with E-state index in [4.69, 9.17) is 5.73 Å². The highest BCUT2D eigenvalue weighted by Gasteiger charge is 2.41. The SMILES string of the molecule is CCC1CCC(CN)(N(C)CC2CCCN2CC)C1. The van der Waals surface area contributed by atoms with E-state index in [2.05, 4.69) is 30.7 Å². The topological polar surface area (TPSA) is 32.5 Å². The summed E-state index contributed by atoms with van der Waals surface area (Å²) in [7, 11) is 2.32. The van der Waals surface area contributed by atoms with Crippen LogP contribution < -0.4 is 5.73 Å². The molecule has 0 amide bonds. The van der Waals surface area contributed by atoms with Crippen molar-refractivity contribution in [2.24, 2.45) is 11.7 Å². The molecule has 1 heterocycles. The Balaban J connectivity index is 1.95. The molecule has 2 rings (SSSR count). The van der Waals surface area contributed by atoms with Gasteiger partial charge in [0.1, 0.15) is 0 Å². The lowest BCUT2D eigenvalue weighted by atomic mass is 9.92. The van der Waals surface area contributed by atoms with Crippen molar-refractivity contribution < 1.29 is 0 Å². The highest BCUT2D eigenvalue weighted by Crippen LogP contribution is 2.39. The van der Waals surface area contributed by atoms with Crippen molar-refractivity contribution in [1.82, 2.24) is 9.80 Å². The summed E-state index contributed by atoms with van der Waals surface area (Å²) >= 11 is 0. The lowest BCUT2D eigenvalue weighted by molar-refractivity contribution is 0.0913. The summed E-state index contributed by atoms with van der Waals surface area (Å²) in [4.78, 5) is 5.26. The van der Waals surface area contributed by atoms with Crippen LogP contribution in [-0.4, -0.2) is 54.6 Å². The molecule has 1 aliphatic heterocycles. The van der Waals surface area contributed by atoms with Gasteiger partial charge in [-0.15, -0.1) is 0 Å². The molecule has 0 spiro atoms. The van der Waals surface area contributed by atoms with E-state index in [0.717, 1.165) is 18.5 Å². The Morgan fingerprint density at radius 2 is 2.11 bits per heavy atom. The standard InChI is InChI=1S/C16H33N3/c1-4-14-8-9-16(11-14,13-17)18(3)12-15-7-6-10-19(15)5-2/h14-15H,4-13,17H2,1-3H3. The lowest BCUT2D eigenvalue weighted by Crippen LogP contribution is -2.54. The summed E-state index contributed by atoms with van der Waals surface area (Å²) in [5.41, 5.74) is 6.47. The molecule has 3 heteroatoms. The molecule has 112 valence electrons. The van der Waals surface area contributed by atoms with Gasteiger partial charge in [-0.25, -0.2) is 0 Å². The molecule has 3 nitrogen and oxygen atoms in total. The van der Waals surface area contributed by atoms with Crippen LogP contribution in [0.2, 0.25) is 0 Å². The minimum atomic E-state index is 0.294. The van der Waals surface area contributed by atoms with E-state index in [0.29, 0.717) is 5.54 Å². The number of rotatable bonds is 6. The molecule has 1 saturated carbocycles. The fourth-order valence-corrected chi connectivity index (χ4v) is 4.28. The van der Waals surface area contributed by atoms with Crippen LogP contribution in [0.25, 0.3) is 0 Å². The van der Waals surface area contributed by atoms with Gasteiger partial charge < -0.3 is 5.73 Å². The van der Waals surface area contributed by atoms with E-state index in [9.17, 15) is 0 Å². The predicted molar refractivity (Wildman–Crippen MR) is 82.3 cm³/mol. The molecule has 3 unspecified atom stereocenters. The summed E-state index contributed by atoms with van der Waals surface area (Å²) in [5, 5.41) is 0. The maximum Gasteiger partial charge on any atom is 0.0332 e. The van der Waals surface area contributed by atoms with Gasteiger partial charge in [0.05, 0.1) is 0 Å². The molecule has 3 atom stereocenters. The Labute approximate surface area is 119 Å². The molecule has 1 aliphatic carbocycles. The van der Waals surface area contributed by atoms with Crippen LogP contribution in [0, 0.1) is 5.92 Å². The molecule has 0 aromatic heterocycles. The quantitative estimate of drug-likeness (QED) is 0.801. The van der Waals surface area contributed by atoms with Gasteiger partial charge in [-0.3, -0.25) is 9.80 Å². The summed E-state index contributed by atoms with van der Waals surface area (Å²) in [5.74, 6) is 0.900. The lowest BCUT2D eigenvalue weighted by Gasteiger charge is -2.41. The first-order valence-electron chi connectivity index (χ1n) is 8.30. The maximum atomic E-state index is 6.17. The predicted octanol–water partition coefficient (Wildman–Crippen LogP) is 2.31. The van der Waals surface area contributed by atoms with Crippen LogP contribution >= 0.6 is 0 Å². The van der Waals surface area contributed by atoms with E-state index in [1.54, 1.807) is 0 Å². The maximum absolute atomic E-state index is 6.17. The summed E-state index contributed by atoms with van der Waals surface area (Å²) in [6.45, 7) is 9.15. The Kier molecular flexibility index (Phi) is 5.27. The summed E-state index contributed by atoms with van der Waals surface area (Å²) in [6, 6.07) is 0.763. The molecule has 0 aromatic rings. The van der Waals surface area contributed by atoms with Crippen LogP contribution in [0.3, 0.4) is 0 Å². The third kappa shape index (κ3) is 3.14. The first-order valence-corrected chi connectivity index (χ1v) is 8.30. The van der Waals surface area contributed by atoms with Crippen LogP contribution in [-0.2, 0) is 0 Å². The molecule has 2 aliphatic rings. The third-order valence-corrected chi connectivity index (χ3v) is 5.84. The van der Waals surface area contributed by atoms with Gasteiger partial charge in [-0.05, 0) is 58.2 Å². The molecule has 2 N–H and O–H groups in total. The highest BCUT2D eigenvalue weighted by atomic mass is 15.3. The molecule has 0 aromatic carbocycles. The minimum absolute atomic E-state index is 0.294. The van der Waals surface area contributed by atoms with Crippen LogP contribution in [0.15, 0.2) is 0 Å². The van der Waals surface area contributed by atoms with Crippen molar-refractivity contribution in [2.75, 3.05) is 33.2 Å².